The van der Waals surface area contributed by atoms with E-state index in [1.54, 1.807) is 25.1 Å². The van der Waals surface area contributed by atoms with Crippen LogP contribution in [0.2, 0.25) is 5.02 Å². The van der Waals surface area contributed by atoms with E-state index in [1.165, 1.54) is 0 Å². The Bertz CT molecular complexity index is 352. The number of hydrogen-bond donors (Lipinski definition) is 1. The molecule has 0 heterocycles. The summed E-state index contributed by atoms with van der Waals surface area (Å²) in [6.45, 7) is 2.18. The van der Waals surface area contributed by atoms with Crippen molar-refractivity contribution in [2.75, 3.05) is 18.5 Å². The fraction of sp³-hybridized carbons (Fsp3) is 0.364. The smallest absolute Gasteiger partial charge is 0.152 e. The zero-order valence-electron chi connectivity index (χ0n) is 8.77. The monoisotopic (exact) mass is 227 g/mol. The number of aliphatic hydroxyl groups excluding tert-OH is 1. The van der Waals surface area contributed by atoms with E-state index < -0.39 is 6.10 Å². The lowest BCUT2D eigenvalue weighted by Crippen LogP contribution is -2.27. The number of likely N-dealkylation sites (N-methyl/N-ethyl adjacent to an activating group) is 1. The van der Waals surface area contributed by atoms with Gasteiger partial charge in [0.25, 0.3) is 0 Å². The average molecular weight is 228 g/mol. The van der Waals surface area contributed by atoms with Crippen LogP contribution in [0.3, 0.4) is 0 Å². The molecule has 0 amide bonds. The van der Waals surface area contributed by atoms with E-state index in [0.717, 1.165) is 12.0 Å². The molecule has 0 saturated heterocycles. The van der Waals surface area contributed by atoms with Crippen molar-refractivity contribution in [1.82, 2.24) is 0 Å². The van der Waals surface area contributed by atoms with Gasteiger partial charge in [-0.25, -0.2) is 0 Å². The van der Waals surface area contributed by atoms with Crippen molar-refractivity contribution >= 4 is 23.6 Å². The topological polar surface area (TPSA) is 40.5 Å². The molecule has 82 valence electrons. The number of carbonyl (C=O) groups is 1. The van der Waals surface area contributed by atoms with E-state index in [-0.39, 0.29) is 0 Å². The first kappa shape index (κ1) is 12.0. The van der Waals surface area contributed by atoms with E-state index >= 15 is 0 Å². The number of hydrogen-bond acceptors (Lipinski definition) is 3. The highest BCUT2D eigenvalue weighted by Crippen LogP contribution is 2.22. The van der Waals surface area contributed by atoms with Gasteiger partial charge in [-0.05, 0) is 25.1 Å². The minimum Gasteiger partial charge on any atom is -0.392 e. The van der Waals surface area contributed by atoms with E-state index in [0.29, 0.717) is 17.1 Å². The number of halogens is 1. The summed E-state index contributed by atoms with van der Waals surface area (Å²) in [6, 6.07) is 5.11. The fourth-order valence-electron chi connectivity index (χ4n) is 1.46. The second-order valence-corrected chi connectivity index (χ2v) is 3.99. The van der Waals surface area contributed by atoms with Crippen LogP contribution in [0.5, 0.6) is 0 Å². The molecule has 1 unspecified atom stereocenters. The Hall–Kier alpha value is -1.06. The van der Waals surface area contributed by atoms with Gasteiger partial charge in [0.05, 0.1) is 6.10 Å². The number of aldehydes is 1. The van der Waals surface area contributed by atoms with Crippen LogP contribution in [-0.2, 0) is 0 Å². The molecule has 0 aliphatic heterocycles. The number of anilines is 1. The van der Waals surface area contributed by atoms with E-state index in [2.05, 4.69) is 0 Å². The van der Waals surface area contributed by atoms with Crippen LogP contribution in [0.25, 0.3) is 0 Å². The van der Waals surface area contributed by atoms with Crippen LogP contribution in [-0.4, -0.2) is 31.1 Å². The number of carbonyl (C=O) groups excluding carboxylic acids is 1. The lowest BCUT2D eigenvalue weighted by Gasteiger charge is -2.22. The quantitative estimate of drug-likeness (QED) is 0.800. The summed E-state index contributed by atoms with van der Waals surface area (Å²) in [6.07, 6.45) is 0.324. The average Bonchev–Trinajstić information content (AvgIpc) is 2.16. The standard InChI is InChI=1S/C11H14ClNO2/c1-8(15)6-13(2)11-4-3-10(12)5-9(11)7-14/h3-5,7-8,15H,6H2,1-2H3. The molecule has 0 radical (unpaired) electrons. The summed E-state index contributed by atoms with van der Waals surface area (Å²) < 4.78 is 0. The van der Waals surface area contributed by atoms with Gasteiger partial charge in [-0.3, -0.25) is 4.79 Å². The number of rotatable bonds is 4. The molecular weight excluding hydrogens is 214 g/mol. The normalized spacial score (nSPS) is 12.3. The Morgan fingerprint density at radius 2 is 2.27 bits per heavy atom. The van der Waals surface area contributed by atoms with Crippen molar-refractivity contribution in [2.45, 2.75) is 13.0 Å². The van der Waals surface area contributed by atoms with Crippen molar-refractivity contribution in [2.24, 2.45) is 0 Å². The molecule has 4 heteroatoms. The lowest BCUT2D eigenvalue weighted by atomic mass is 10.1. The molecule has 1 N–H and O–H groups in total. The third kappa shape index (κ3) is 3.22. The first-order valence-corrected chi connectivity index (χ1v) is 5.06. The van der Waals surface area contributed by atoms with Crippen LogP contribution in [0.1, 0.15) is 17.3 Å². The first-order valence-electron chi connectivity index (χ1n) is 4.68. The van der Waals surface area contributed by atoms with Crippen molar-refractivity contribution in [1.29, 1.82) is 0 Å². The van der Waals surface area contributed by atoms with Crippen LogP contribution in [0.15, 0.2) is 18.2 Å². The third-order valence-corrected chi connectivity index (χ3v) is 2.30. The zero-order valence-corrected chi connectivity index (χ0v) is 9.53. The Morgan fingerprint density at radius 1 is 1.60 bits per heavy atom. The van der Waals surface area contributed by atoms with Gasteiger partial charge in [-0.1, -0.05) is 11.6 Å². The van der Waals surface area contributed by atoms with Gasteiger partial charge < -0.3 is 10.0 Å². The Kier molecular flexibility index (Phi) is 4.12. The molecule has 0 bridgehead atoms. The van der Waals surface area contributed by atoms with Gasteiger partial charge in [0.15, 0.2) is 6.29 Å². The van der Waals surface area contributed by atoms with Crippen LogP contribution in [0.4, 0.5) is 5.69 Å². The molecule has 1 aromatic rings. The van der Waals surface area contributed by atoms with E-state index in [4.69, 9.17) is 11.6 Å². The zero-order chi connectivity index (χ0) is 11.4. The molecule has 3 nitrogen and oxygen atoms in total. The maximum absolute atomic E-state index is 10.8. The highest BCUT2D eigenvalue weighted by Gasteiger charge is 2.09. The number of aliphatic hydroxyl groups is 1. The molecule has 0 saturated carbocycles. The number of nitrogens with zero attached hydrogens (tertiary/aromatic N) is 1. The molecule has 1 atom stereocenters. The predicted molar refractivity (Wildman–Crippen MR) is 61.8 cm³/mol. The van der Waals surface area contributed by atoms with Gasteiger partial charge in [0.1, 0.15) is 0 Å². The molecule has 0 aromatic heterocycles. The number of benzene rings is 1. The van der Waals surface area contributed by atoms with Crippen LogP contribution in [0, 0.1) is 0 Å². The minimum absolute atomic E-state index is 0.440. The second-order valence-electron chi connectivity index (χ2n) is 3.55. The van der Waals surface area contributed by atoms with E-state index in [9.17, 15) is 9.90 Å². The van der Waals surface area contributed by atoms with Crippen molar-refractivity contribution in [3.63, 3.8) is 0 Å². The molecule has 0 aliphatic carbocycles. The van der Waals surface area contributed by atoms with Gasteiger partial charge in [0, 0.05) is 29.9 Å². The largest absolute Gasteiger partial charge is 0.392 e. The Labute approximate surface area is 94.3 Å². The van der Waals surface area contributed by atoms with Gasteiger partial charge >= 0.3 is 0 Å². The highest BCUT2D eigenvalue weighted by atomic mass is 35.5. The minimum atomic E-state index is -0.440. The van der Waals surface area contributed by atoms with Crippen LogP contribution < -0.4 is 4.90 Å². The second kappa shape index (κ2) is 5.14. The van der Waals surface area contributed by atoms with Crippen molar-refractivity contribution in [3.8, 4) is 0 Å². The molecular formula is C11H14ClNO2. The summed E-state index contributed by atoms with van der Waals surface area (Å²) in [5.41, 5.74) is 1.31. The molecule has 1 rings (SSSR count). The highest BCUT2D eigenvalue weighted by molar-refractivity contribution is 6.31. The van der Waals surface area contributed by atoms with Gasteiger partial charge in [-0.15, -0.1) is 0 Å². The van der Waals surface area contributed by atoms with Crippen molar-refractivity contribution in [3.05, 3.63) is 28.8 Å². The summed E-state index contributed by atoms with van der Waals surface area (Å²) in [5.74, 6) is 0. The predicted octanol–water partition coefficient (Wildman–Crippen LogP) is 1.97. The Balaban J connectivity index is 2.97. The Morgan fingerprint density at radius 3 is 2.80 bits per heavy atom. The first-order chi connectivity index (χ1) is 7.04. The molecule has 15 heavy (non-hydrogen) atoms. The fourth-order valence-corrected chi connectivity index (χ4v) is 1.64. The van der Waals surface area contributed by atoms with Crippen molar-refractivity contribution < 1.29 is 9.90 Å². The maximum Gasteiger partial charge on any atom is 0.152 e. The third-order valence-electron chi connectivity index (χ3n) is 2.07. The SMILES string of the molecule is CC(O)CN(C)c1ccc(Cl)cc1C=O. The molecule has 0 spiro atoms. The molecule has 1 aromatic carbocycles. The maximum atomic E-state index is 10.8. The lowest BCUT2D eigenvalue weighted by molar-refractivity contribution is 0.112. The summed E-state index contributed by atoms with van der Waals surface area (Å²) in [5, 5.41) is 9.78. The summed E-state index contributed by atoms with van der Waals surface area (Å²) >= 11 is 5.78. The summed E-state index contributed by atoms with van der Waals surface area (Å²) in [7, 11) is 1.82. The van der Waals surface area contributed by atoms with Gasteiger partial charge in [0.2, 0.25) is 0 Å². The molecule has 0 fully saturated rings. The van der Waals surface area contributed by atoms with E-state index in [1.807, 2.05) is 11.9 Å². The summed E-state index contributed by atoms with van der Waals surface area (Å²) in [4.78, 5) is 12.6. The van der Waals surface area contributed by atoms with Gasteiger partial charge in [-0.2, -0.15) is 0 Å². The molecule has 0 aliphatic rings. The van der Waals surface area contributed by atoms with Crippen LogP contribution >= 0.6 is 11.6 Å².